The van der Waals surface area contributed by atoms with E-state index in [2.05, 4.69) is 60.7 Å². The van der Waals surface area contributed by atoms with Gasteiger partial charge in [-0.15, -0.1) is 0 Å². The predicted octanol–water partition coefficient (Wildman–Crippen LogP) is 6.25. The predicted molar refractivity (Wildman–Crippen MR) is 117 cm³/mol. The summed E-state index contributed by atoms with van der Waals surface area (Å²) in [5, 5.41) is 0. The molecule has 4 rings (SSSR count). The maximum Gasteiger partial charge on any atom is 0.127 e. The van der Waals surface area contributed by atoms with Crippen molar-refractivity contribution in [2.45, 2.75) is 0 Å². The van der Waals surface area contributed by atoms with Crippen LogP contribution in [0.5, 0.6) is 11.5 Å². The van der Waals surface area contributed by atoms with E-state index in [-0.39, 0.29) is 0 Å². The summed E-state index contributed by atoms with van der Waals surface area (Å²) in [6.45, 7) is 0. The fourth-order valence-electron chi connectivity index (χ4n) is 3.43. The van der Waals surface area contributed by atoms with E-state index >= 15 is 0 Å². The fourth-order valence-corrected chi connectivity index (χ4v) is 3.43. The molecule has 2 heteroatoms. The third kappa shape index (κ3) is 3.49. The molecule has 0 radical (unpaired) electrons. The molecule has 3 aromatic carbocycles. The van der Waals surface area contributed by atoms with E-state index in [1.165, 1.54) is 16.7 Å². The van der Waals surface area contributed by atoms with Crippen molar-refractivity contribution < 1.29 is 9.47 Å². The summed E-state index contributed by atoms with van der Waals surface area (Å²) >= 11 is 0. The van der Waals surface area contributed by atoms with Gasteiger partial charge < -0.3 is 9.47 Å². The lowest BCUT2D eigenvalue weighted by Gasteiger charge is -2.02. The quantitative estimate of drug-likeness (QED) is 0.376. The van der Waals surface area contributed by atoms with E-state index in [0.717, 1.165) is 28.2 Å². The Kier molecular flexibility index (Phi) is 5.11. The van der Waals surface area contributed by atoms with Gasteiger partial charge >= 0.3 is 0 Å². The smallest absolute Gasteiger partial charge is 0.127 e. The van der Waals surface area contributed by atoms with Crippen molar-refractivity contribution in [2.75, 3.05) is 14.2 Å². The van der Waals surface area contributed by atoms with Gasteiger partial charge in [0.05, 0.1) is 14.2 Å². The minimum atomic E-state index is 0.882. The van der Waals surface area contributed by atoms with Crippen LogP contribution in [0.15, 0.2) is 91.0 Å². The van der Waals surface area contributed by atoms with Gasteiger partial charge in [0.25, 0.3) is 0 Å². The Hall–Kier alpha value is -3.52. The van der Waals surface area contributed by atoms with Crippen LogP contribution in [-0.2, 0) is 0 Å². The molecule has 0 saturated heterocycles. The van der Waals surface area contributed by atoms with Gasteiger partial charge in [-0.25, -0.2) is 0 Å². The molecule has 0 fully saturated rings. The minimum absolute atomic E-state index is 0.882. The van der Waals surface area contributed by atoms with Crippen molar-refractivity contribution in [2.24, 2.45) is 0 Å². The molecule has 0 amide bonds. The van der Waals surface area contributed by atoms with E-state index in [4.69, 9.17) is 9.47 Å². The van der Waals surface area contributed by atoms with E-state index in [1.807, 2.05) is 36.4 Å². The van der Waals surface area contributed by atoms with Crippen LogP contribution in [0.2, 0.25) is 0 Å². The summed E-state index contributed by atoms with van der Waals surface area (Å²) in [7, 11) is 3.41. The molecule has 3 aromatic rings. The zero-order valence-corrected chi connectivity index (χ0v) is 16.1. The lowest BCUT2D eigenvalue weighted by Crippen LogP contribution is -1.84. The van der Waals surface area contributed by atoms with E-state index < -0.39 is 0 Å². The molecular weight excluding hydrogens is 344 g/mol. The first-order chi connectivity index (χ1) is 13.8. The van der Waals surface area contributed by atoms with Crippen LogP contribution in [0.25, 0.3) is 17.2 Å². The van der Waals surface area contributed by atoms with Crippen LogP contribution in [-0.4, -0.2) is 14.2 Å². The Bertz CT molecular complexity index is 1030. The molecule has 1 aliphatic carbocycles. The first-order valence-electron chi connectivity index (χ1n) is 9.28. The van der Waals surface area contributed by atoms with Gasteiger partial charge in [-0.05, 0) is 28.8 Å². The topological polar surface area (TPSA) is 18.5 Å². The zero-order chi connectivity index (χ0) is 19.3. The van der Waals surface area contributed by atoms with Gasteiger partial charge in [-0.1, -0.05) is 85.0 Å². The van der Waals surface area contributed by atoms with Crippen LogP contribution < -0.4 is 9.47 Å². The van der Waals surface area contributed by atoms with Crippen molar-refractivity contribution in [1.29, 1.82) is 0 Å². The molecule has 0 saturated carbocycles. The molecule has 138 valence electrons. The molecule has 2 nitrogen and oxygen atoms in total. The van der Waals surface area contributed by atoms with Crippen molar-refractivity contribution in [3.63, 3.8) is 0 Å². The molecule has 0 N–H and O–H groups in total. The Morgan fingerprint density at radius 2 is 1.25 bits per heavy atom. The van der Waals surface area contributed by atoms with E-state index in [0.29, 0.717) is 0 Å². The molecule has 0 aliphatic heterocycles. The fraction of sp³-hybridized carbons (Fsp3) is 0.0769. The van der Waals surface area contributed by atoms with Gasteiger partial charge in [-0.2, -0.15) is 0 Å². The van der Waals surface area contributed by atoms with Crippen LogP contribution >= 0.6 is 0 Å². The zero-order valence-electron chi connectivity index (χ0n) is 16.1. The highest BCUT2D eigenvalue weighted by Gasteiger charge is 2.36. The largest absolute Gasteiger partial charge is 0.496 e. The van der Waals surface area contributed by atoms with Gasteiger partial charge in [0.2, 0.25) is 0 Å². The molecule has 0 unspecified atom stereocenters. The summed E-state index contributed by atoms with van der Waals surface area (Å²) in [5.74, 6) is 1.76. The minimum Gasteiger partial charge on any atom is -0.496 e. The highest BCUT2D eigenvalue weighted by molar-refractivity contribution is 6.18. The first-order valence-corrected chi connectivity index (χ1v) is 9.28. The van der Waals surface area contributed by atoms with Crippen LogP contribution in [0.3, 0.4) is 0 Å². The number of hydrogen-bond acceptors (Lipinski definition) is 2. The third-order valence-corrected chi connectivity index (χ3v) is 4.82. The maximum atomic E-state index is 5.57. The van der Waals surface area contributed by atoms with Gasteiger partial charge in [0.15, 0.2) is 0 Å². The number of methoxy groups -OCH3 is 2. The Labute approximate surface area is 166 Å². The summed E-state index contributed by atoms with van der Waals surface area (Å²) in [6.07, 6.45) is 8.41. The highest BCUT2D eigenvalue weighted by Crippen LogP contribution is 2.57. The van der Waals surface area contributed by atoms with E-state index in [9.17, 15) is 0 Å². The Morgan fingerprint density at radius 3 is 1.82 bits per heavy atom. The summed E-state index contributed by atoms with van der Waals surface area (Å²) in [6, 6.07) is 24.6. The number of allylic oxidation sites excluding steroid dienone is 4. The molecule has 28 heavy (non-hydrogen) atoms. The lowest BCUT2D eigenvalue weighted by atomic mass is 10.0. The normalized spacial score (nSPS) is 12.3. The first kappa shape index (κ1) is 17.9. The van der Waals surface area contributed by atoms with Crippen LogP contribution in [0, 0.1) is 0 Å². The molecule has 0 atom stereocenters. The molecule has 0 spiro atoms. The number of hydrogen-bond donors (Lipinski definition) is 0. The van der Waals surface area contributed by atoms with Crippen molar-refractivity contribution in [3.8, 4) is 11.5 Å². The molecule has 0 heterocycles. The number of benzene rings is 3. The van der Waals surface area contributed by atoms with Crippen molar-refractivity contribution in [3.05, 3.63) is 113 Å². The van der Waals surface area contributed by atoms with Crippen LogP contribution in [0.4, 0.5) is 0 Å². The number of rotatable bonds is 6. The Morgan fingerprint density at radius 1 is 0.679 bits per heavy atom. The SMILES string of the molecule is COc1ccc(OC)c2c1C2=C(/C=C/C=C/c1ccccc1)c1ccccc1. The van der Waals surface area contributed by atoms with Crippen molar-refractivity contribution >= 4 is 17.2 Å². The second kappa shape index (κ2) is 8.01. The van der Waals surface area contributed by atoms with Gasteiger partial charge in [0.1, 0.15) is 11.5 Å². The van der Waals surface area contributed by atoms with Crippen molar-refractivity contribution in [1.82, 2.24) is 0 Å². The monoisotopic (exact) mass is 366 g/mol. The summed E-state index contributed by atoms with van der Waals surface area (Å²) in [4.78, 5) is 0. The standard InChI is InChI=1S/C26H22O2/c1-27-22-17-18-23(28-2)26-24(25(22)26)21(20-14-7-4-8-15-20)16-10-9-13-19-11-5-3-6-12-19/h3-18H,1-2H3/b13-9+,16-10+. The average Bonchev–Trinajstić information content (AvgIpc) is 3.50. The lowest BCUT2D eigenvalue weighted by molar-refractivity contribution is 0.405. The molecule has 0 aromatic heterocycles. The van der Waals surface area contributed by atoms with Crippen LogP contribution in [0.1, 0.15) is 22.3 Å². The Balaban J connectivity index is 1.74. The maximum absolute atomic E-state index is 5.57. The number of fused-ring (bicyclic) bond motifs is 1. The van der Waals surface area contributed by atoms with E-state index in [1.54, 1.807) is 14.2 Å². The average molecular weight is 366 g/mol. The number of ether oxygens (including phenoxy) is 2. The van der Waals surface area contributed by atoms with Gasteiger partial charge in [0, 0.05) is 16.7 Å². The summed E-state index contributed by atoms with van der Waals surface area (Å²) < 4.78 is 11.1. The highest BCUT2D eigenvalue weighted by atomic mass is 16.5. The molecule has 0 bridgehead atoms. The second-order valence-corrected chi connectivity index (χ2v) is 6.50. The summed E-state index contributed by atoms with van der Waals surface area (Å²) in [5.41, 5.74) is 6.97. The van der Waals surface area contributed by atoms with Gasteiger partial charge in [-0.3, -0.25) is 0 Å². The second-order valence-electron chi connectivity index (χ2n) is 6.50. The third-order valence-electron chi connectivity index (χ3n) is 4.82. The molecular formula is C26H22O2. The molecule has 1 aliphatic rings.